The summed E-state index contributed by atoms with van der Waals surface area (Å²) in [6.45, 7) is 1.20. The molecule has 9 nitrogen and oxygen atoms in total. The van der Waals surface area contributed by atoms with Crippen LogP contribution in [0.2, 0.25) is 0 Å². The lowest BCUT2D eigenvalue weighted by Crippen LogP contribution is -2.35. The van der Waals surface area contributed by atoms with Gasteiger partial charge in [0.1, 0.15) is 11.6 Å². The van der Waals surface area contributed by atoms with E-state index in [0.29, 0.717) is 32.0 Å². The number of amides is 1. The van der Waals surface area contributed by atoms with E-state index in [2.05, 4.69) is 15.6 Å². The minimum Gasteiger partial charge on any atom is -0.478 e. The van der Waals surface area contributed by atoms with Gasteiger partial charge in [-0.2, -0.15) is 0 Å². The summed E-state index contributed by atoms with van der Waals surface area (Å²) >= 11 is 0. The molecule has 1 aromatic heterocycles. The minimum atomic E-state index is -3.60. The number of nitrogens with zero attached hydrogens (tertiary/aromatic N) is 1. The van der Waals surface area contributed by atoms with Gasteiger partial charge in [-0.05, 0) is 62.3 Å². The Kier molecular flexibility index (Phi) is 7.79. The molecule has 0 aliphatic carbocycles. The van der Waals surface area contributed by atoms with Gasteiger partial charge in [-0.1, -0.05) is 12.1 Å². The Hall–Kier alpha value is -3.90. The van der Waals surface area contributed by atoms with Gasteiger partial charge in [-0.25, -0.2) is 27.0 Å². The number of aromatic carboxylic acids is 1. The largest absolute Gasteiger partial charge is 0.478 e. The van der Waals surface area contributed by atoms with Crippen LogP contribution in [0.3, 0.4) is 0 Å². The van der Waals surface area contributed by atoms with Gasteiger partial charge in [0.15, 0.2) is 21.4 Å². The number of anilines is 1. The van der Waals surface area contributed by atoms with E-state index in [1.807, 2.05) is 0 Å². The summed E-state index contributed by atoms with van der Waals surface area (Å²) in [5.74, 6) is -4.26. The first kappa shape index (κ1) is 26.2. The summed E-state index contributed by atoms with van der Waals surface area (Å²) in [5, 5.41) is 14.1. The SMILES string of the molecule is O=C(O)c1ccc(NC(=O)C(Oc2ccc(F)cc2F)c2ccc(S(=O)(=O)C3CCNCC3)cc2)nc1. The predicted octanol–water partition coefficient (Wildman–Crippen LogP) is 3.34. The molecule has 3 N–H and O–H groups in total. The van der Waals surface area contributed by atoms with Crippen LogP contribution in [0.4, 0.5) is 14.6 Å². The monoisotopic (exact) mass is 531 g/mol. The van der Waals surface area contributed by atoms with Crippen LogP contribution >= 0.6 is 0 Å². The van der Waals surface area contributed by atoms with E-state index in [9.17, 15) is 26.8 Å². The second-order valence-corrected chi connectivity index (χ2v) is 10.6. The highest BCUT2D eigenvalue weighted by Gasteiger charge is 2.30. The van der Waals surface area contributed by atoms with E-state index in [-0.39, 0.29) is 21.8 Å². The van der Waals surface area contributed by atoms with Crippen molar-refractivity contribution in [3.05, 3.63) is 83.6 Å². The number of hydrogen-bond donors (Lipinski definition) is 3. The molecule has 1 unspecified atom stereocenters. The number of carbonyl (C=O) groups excluding carboxylic acids is 1. The van der Waals surface area contributed by atoms with Crippen LogP contribution in [-0.4, -0.2) is 48.7 Å². The first-order valence-electron chi connectivity index (χ1n) is 11.3. The first-order chi connectivity index (χ1) is 17.6. The molecule has 1 amide bonds. The van der Waals surface area contributed by atoms with Crippen molar-refractivity contribution in [1.82, 2.24) is 10.3 Å². The lowest BCUT2D eigenvalue weighted by molar-refractivity contribution is -0.123. The van der Waals surface area contributed by atoms with Crippen molar-refractivity contribution in [2.75, 3.05) is 18.4 Å². The standard InChI is InChI=1S/C25H23F2N3O6S/c26-17-4-7-21(20(27)13-17)36-23(24(31)30-22-8-3-16(14-29-22)25(32)33)15-1-5-18(6-2-15)37(34,35)19-9-11-28-12-10-19/h1-8,13-14,19,23,28H,9-12H2,(H,32,33)(H,29,30,31). The van der Waals surface area contributed by atoms with Crippen molar-refractivity contribution < 1.29 is 36.6 Å². The van der Waals surface area contributed by atoms with Gasteiger partial charge >= 0.3 is 5.97 Å². The third-order valence-corrected chi connectivity index (χ3v) is 8.15. The molecule has 1 atom stereocenters. The number of carboxylic acids is 1. The van der Waals surface area contributed by atoms with Crippen LogP contribution in [0.25, 0.3) is 0 Å². The van der Waals surface area contributed by atoms with Gasteiger partial charge < -0.3 is 20.5 Å². The second-order valence-electron chi connectivity index (χ2n) is 8.36. The molecular weight excluding hydrogens is 508 g/mol. The Balaban J connectivity index is 1.62. The van der Waals surface area contributed by atoms with E-state index < -0.39 is 50.5 Å². The van der Waals surface area contributed by atoms with Gasteiger partial charge in [0.25, 0.3) is 5.91 Å². The Labute approximate surface area is 211 Å². The number of carboxylic acid groups (broad SMARTS) is 1. The van der Waals surface area contributed by atoms with Crippen LogP contribution in [0.5, 0.6) is 5.75 Å². The normalized spacial score (nSPS) is 15.1. The maximum atomic E-state index is 14.3. The van der Waals surface area contributed by atoms with E-state index in [1.165, 1.54) is 36.4 Å². The molecule has 0 bridgehead atoms. The molecule has 4 rings (SSSR count). The zero-order valence-corrected chi connectivity index (χ0v) is 20.2. The molecule has 2 aromatic carbocycles. The van der Waals surface area contributed by atoms with Gasteiger partial charge in [-0.15, -0.1) is 0 Å². The number of nitrogens with one attached hydrogen (secondary N) is 2. The maximum Gasteiger partial charge on any atom is 0.337 e. The van der Waals surface area contributed by atoms with Gasteiger partial charge in [0.05, 0.1) is 15.7 Å². The third-order valence-electron chi connectivity index (χ3n) is 5.87. The average Bonchev–Trinajstić information content (AvgIpc) is 2.89. The van der Waals surface area contributed by atoms with E-state index >= 15 is 0 Å². The zero-order chi connectivity index (χ0) is 26.6. The number of pyridine rings is 1. The van der Waals surface area contributed by atoms with Crippen LogP contribution in [-0.2, 0) is 14.6 Å². The van der Waals surface area contributed by atoms with Crippen LogP contribution in [0, 0.1) is 11.6 Å². The van der Waals surface area contributed by atoms with E-state index in [4.69, 9.17) is 9.84 Å². The Morgan fingerprint density at radius 1 is 1.05 bits per heavy atom. The number of ether oxygens (including phenoxy) is 1. The maximum absolute atomic E-state index is 14.3. The van der Waals surface area contributed by atoms with E-state index in [0.717, 1.165) is 18.3 Å². The number of hydrogen-bond acceptors (Lipinski definition) is 7. The quantitative estimate of drug-likeness (QED) is 0.403. The van der Waals surface area contributed by atoms with Gasteiger partial charge in [0, 0.05) is 17.8 Å². The highest BCUT2D eigenvalue weighted by atomic mass is 32.2. The van der Waals surface area contributed by atoms with Crippen molar-refractivity contribution in [3.63, 3.8) is 0 Å². The zero-order valence-electron chi connectivity index (χ0n) is 19.4. The number of sulfone groups is 1. The fourth-order valence-corrected chi connectivity index (χ4v) is 5.64. The fraction of sp³-hybridized carbons (Fsp3) is 0.240. The van der Waals surface area contributed by atoms with Crippen LogP contribution < -0.4 is 15.4 Å². The van der Waals surface area contributed by atoms with Crippen molar-refractivity contribution in [3.8, 4) is 5.75 Å². The van der Waals surface area contributed by atoms with Crippen molar-refractivity contribution in [2.45, 2.75) is 29.1 Å². The van der Waals surface area contributed by atoms with Crippen LogP contribution in [0.15, 0.2) is 65.7 Å². The molecule has 12 heteroatoms. The molecule has 1 aliphatic heterocycles. The Bertz CT molecular complexity index is 1390. The highest BCUT2D eigenvalue weighted by Crippen LogP contribution is 2.29. The lowest BCUT2D eigenvalue weighted by atomic mass is 10.1. The third kappa shape index (κ3) is 6.09. The number of piperidine rings is 1. The van der Waals surface area contributed by atoms with Crippen molar-refractivity contribution >= 4 is 27.5 Å². The molecule has 3 aromatic rings. The number of carbonyl (C=O) groups is 2. The lowest BCUT2D eigenvalue weighted by Gasteiger charge is -2.23. The molecule has 2 heterocycles. The number of rotatable bonds is 8. The molecular formula is C25H23F2N3O6S. The average molecular weight is 532 g/mol. The van der Waals surface area contributed by atoms with Gasteiger partial charge in [0.2, 0.25) is 6.10 Å². The topological polar surface area (TPSA) is 135 Å². The molecule has 0 spiro atoms. The molecule has 37 heavy (non-hydrogen) atoms. The number of aromatic nitrogens is 1. The molecule has 1 fully saturated rings. The highest BCUT2D eigenvalue weighted by molar-refractivity contribution is 7.92. The summed E-state index contributed by atoms with van der Waals surface area (Å²) in [6.07, 6.45) is 0.538. The smallest absolute Gasteiger partial charge is 0.337 e. The summed E-state index contributed by atoms with van der Waals surface area (Å²) in [5.41, 5.74) is 0.109. The predicted molar refractivity (Wildman–Crippen MR) is 129 cm³/mol. The van der Waals surface area contributed by atoms with E-state index in [1.54, 1.807) is 0 Å². The minimum absolute atomic E-state index is 0.00767. The Morgan fingerprint density at radius 3 is 2.35 bits per heavy atom. The molecule has 0 saturated carbocycles. The summed E-state index contributed by atoms with van der Waals surface area (Å²) in [6, 6.07) is 10.6. The van der Waals surface area contributed by atoms with Crippen LogP contribution in [0.1, 0.15) is 34.9 Å². The van der Waals surface area contributed by atoms with Crippen molar-refractivity contribution in [1.29, 1.82) is 0 Å². The fourth-order valence-electron chi connectivity index (χ4n) is 3.89. The molecule has 0 radical (unpaired) electrons. The summed E-state index contributed by atoms with van der Waals surface area (Å²) in [7, 11) is -3.60. The summed E-state index contributed by atoms with van der Waals surface area (Å²) in [4.78, 5) is 28.1. The number of halogens is 2. The molecule has 1 aliphatic rings. The number of benzene rings is 2. The van der Waals surface area contributed by atoms with Crippen molar-refractivity contribution in [2.24, 2.45) is 0 Å². The second kappa shape index (κ2) is 11.0. The Morgan fingerprint density at radius 2 is 1.76 bits per heavy atom. The summed E-state index contributed by atoms with van der Waals surface area (Å²) < 4.78 is 59.3. The molecule has 1 saturated heterocycles. The van der Waals surface area contributed by atoms with Gasteiger partial charge in [-0.3, -0.25) is 4.79 Å². The first-order valence-corrected chi connectivity index (χ1v) is 12.9. The molecule has 194 valence electrons.